The van der Waals surface area contributed by atoms with Crippen LogP contribution in [0.1, 0.15) is 83.1 Å². The van der Waals surface area contributed by atoms with Crippen LogP contribution in [0.4, 0.5) is 13.2 Å². The van der Waals surface area contributed by atoms with Crippen molar-refractivity contribution in [1.82, 2.24) is 0 Å². The van der Waals surface area contributed by atoms with Crippen molar-refractivity contribution in [1.29, 1.82) is 0 Å². The highest BCUT2D eigenvalue weighted by molar-refractivity contribution is 5.87. The second-order valence-electron chi connectivity index (χ2n) is 8.44. The molecule has 0 fully saturated rings. The quantitative estimate of drug-likeness (QED) is 0.169. The number of fused-ring (bicyclic) bond motifs is 1. The van der Waals surface area contributed by atoms with E-state index < -0.39 is 23.8 Å². The topological polar surface area (TPSA) is 35.5 Å². The third-order valence-electron chi connectivity index (χ3n) is 5.80. The Labute approximate surface area is 195 Å². The first kappa shape index (κ1) is 26.7. The highest BCUT2D eigenvalue weighted by atomic mass is 19.4. The van der Waals surface area contributed by atoms with Gasteiger partial charge in [-0.05, 0) is 54.3 Å². The molecule has 33 heavy (non-hydrogen) atoms. The van der Waals surface area contributed by atoms with Crippen LogP contribution < -0.4 is 4.74 Å². The summed E-state index contributed by atoms with van der Waals surface area (Å²) in [7, 11) is 1.58. The Bertz CT molecular complexity index is 918. The van der Waals surface area contributed by atoms with Gasteiger partial charge in [-0.1, -0.05) is 76.1 Å². The molecule has 0 spiro atoms. The van der Waals surface area contributed by atoms with E-state index in [1.165, 1.54) is 25.7 Å². The van der Waals surface area contributed by atoms with Crippen molar-refractivity contribution in [2.75, 3.05) is 7.11 Å². The molecule has 2 rings (SSSR count). The van der Waals surface area contributed by atoms with Crippen molar-refractivity contribution in [3.05, 3.63) is 53.8 Å². The van der Waals surface area contributed by atoms with Gasteiger partial charge in [-0.25, -0.2) is 0 Å². The maximum Gasteiger partial charge on any atom is 0.449 e. The van der Waals surface area contributed by atoms with E-state index >= 15 is 0 Å². The summed E-state index contributed by atoms with van der Waals surface area (Å²) >= 11 is 0. The lowest BCUT2D eigenvalue weighted by Gasteiger charge is -2.16. The fourth-order valence-electron chi connectivity index (χ4n) is 3.70. The molecule has 182 valence electrons. The van der Waals surface area contributed by atoms with Crippen LogP contribution in [-0.2, 0) is 9.53 Å². The number of alkyl halides is 3. The van der Waals surface area contributed by atoms with E-state index in [0.717, 1.165) is 36.1 Å². The first-order chi connectivity index (χ1) is 15.8. The van der Waals surface area contributed by atoms with Gasteiger partial charge >= 0.3 is 12.1 Å². The Morgan fingerprint density at radius 2 is 1.55 bits per heavy atom. The average molecular weight is 465 g/mol. The third-order valence-corrected chi connectivity index (χ3v) is 5.80. The molecule has 6 heteroatoms. The zero-order valence-corrected chi connectivity index (χ0v) is 19.8. The second-order valence-corrected chi connectivity index (χ2v) is 8.44. The maximum atomic E-state index is 13.4. The number of rotatable bonds is 13. The van der Waals surface area contributed by atoms with Crippen molar-refractivity contribution in [2.45, 2.75) is 83.7 Å². The van der Waals surface area contributed by atoms with Gasteiger partial charge in [0.1, 0.15) is 5.75 Å². The molecule has 0 amide bonds. The fraction of sp³-hybridized carbons (Fsp3) is 0.519. The predicted molar refractivity (Wildman–Crippen MR) is 126 cm³/mol. The Hall–Kier alpha value is -2.50. The highest BCUT2D eigenvalue weighted by Gasteiger charge is 2.38. The summed E-state index contributed by atoms with van der Waals surface area (Å²) in [6.07, 6.45) is 5.02. The fourth-order valence-corrected chi connectivity index (χ4v) is 3.70. The monoisotopic (exact) mass is 464 g/mol. The summed E-state index contributed by atoms with van der Waals surface area (Å²) in [6.45, 7) is 3.72. The number of benzene rings is 2. The number of hydrogen-bond donors (Lipinski definition) is 0. The second kappa shape index (κ2) is 13.3. The molecule has 0 saturated heterocycles. The Balaban J connectivity index is 1.94. The molecule has 2 aromatic carbocycles. The van der Waals surface area contributed by atoms with Gasteiger partial charge in [0.05, 0.1) is 13.0 Å². The Morgan fingerprint density at radius 1 is 0.939 bits per heavy atom. The number of unbranched alkanes of at least 4 members (excludes halogenated alkanes) is 8. The third kappa shape index (κ3) is 8.75. The summed E-state index contributed by atoms with van der Waals surface area (Å²) in [4.78, 5) is 12.5. The van der Waals surface area contributed by atoms with Gasteiger partial charge in [-0.3, -0.25) is 4.79 Å². The summed E-state index contributed by atoms with van der Waals surface area (Å²) in [5, 5.41) is 1.79. The molecule has 0 N–H and O–H groups in total. The van der Waals surface area contributed by atoms with E-state index in [1.54, 1.807) is 32.2 Å². The lowest BCUT2D eigenvalue weighted by atomic mass is 9.98. The highest BCUT2D eigenvalue weighted by Crippen LogP contribution is 2.31. The SMILES string of the molecule is CCCCCCCCCC/C=C(/OC(=O)[C@@H](C)c1ccc2cc(OC)ccc2c1)C(F)(F)F. The molecule has 0 radical (unpaired) electrons. The van der Waals surface area contributed by atoms with Crippen LogP contribution in [-0.4, -0.2) is 19.3 Å². The summed E-state index contributed by atoms with van der Waals surface area (Å²) < 4.78 is 50.3. The lowest BCUT2D eigenvalue weighted by molar-refractivity contribution is -0.161. The largest absolute Gasteiger partial charge is 0.497 e. The number of allylic oxidation sites excluding steroid dienone is 2. The van der Waals surface area contributed by atoms with Gasteiger partial charge in [0.2, 0.25) is 5.76 Å². The van der Waals surface area contributed by atoms with E-state index in [0.29, 0.717) is 17.7 Å². The number of carbonyl (C=O) groups excluding carboxylic acids is 1. The van der Waals surface area contributed by atoms with Gasteiger partial charge in [0.25, 0.3) is 0 Å². The van der Waals surface area contributed by atoms with Gasteiger partial charge in [0.15, 0.2) is 0 Å². The van der Waals surface area contributed by atoms with Crippen LogP contribution in [0.5, 0.6) is 5.75 Å². The molecular weight excluding hydrogens is 429 g/mol. The van der Waals surface area contributed by atoms with Crippen molar-refractivity contribution in [2.24, 2.45) is 0 Å². The standard InChI is InChI=1S/C27H35F3O3/c1-4-5-6-7-8-9-10-11-12-13-25(27(28,29)30)33-26(31)20(2)21-14-15-23-19-24(32-3)17-16-22(23)18-21/h13-20H,4-12H2,1-3H3/b25-13+/t20-/m0/s1. The van der Waals surface area contributed by atoms with Crippen LogP contribution in [0.3, 0.4) is 0 Å². The van der Waals surface area contributed by atoms with Crippen LogP contribution in [0.2, 0.25) is 0 Å². The van der Waals surface area contributed by atoms with Gasteiger partial charge < -0.3 is 9.47 Å². The van der Waals surface area contributed by atoms with E-state index in [4.69, 9.17) is 9.47 Å². The van der Waals surface area contributed by atoms with Crippen LogP contribution in [0.15, 0.2) is 48.2 Å². The smallest absolute Gasteiger partial charge is 0.449 e. The Kier molecular flexibility index (Phi) is 10.8. The first-order valence-electron chi connectivity index (χ1n) is 11.8. The van der Waals surface area contributed by atoms with Crippen molar-refractivity contribution < 1.29 is 27.4 Å². The first-order valence-corrected chi connectivity index (χ1v) is 11.8. The minimum absolute atomic E-state index is 0.239. The number of carbonyl (C=O) groups is 1. The summed E-state index contributed by atoms with van der Waals surface area (Å²) in [5.74, 6) is -2.25. The van der Waals surface area contributed by atoms with Gasteiger partial charge in [-0.2, -0.15) is 13.2 Å². The summed E-state index contributed by atoms with van der Waals surface area (Å²) in [5.41, 5.74) is 0.599. The van der Waals surface area contributed by atoms with Gasteiger partial charge in [0, 0.05) is 0 Å². The van der Waals surface area contributed by atoms with E-state index in [9.17, 15) is 18.0 Å². The van der Waals surface area contributed by atoms with Crippen LogP contribution in [0, 0.1) is 0 Å². The number of esters is 1. The molecule has 0 heterocycles. The minimum atomic E-state index is -4.70. The number of ether oxygens (including phenoxy) is 2. The molecule has 0 aliphatic carbocycles. The molecule has 1 atom stereocenters. The van der Waals surface area contributed by atoms with Crippen LogP contribution in [0.25, 0.3) is 10.8 Å². The van der Waals surface area contributed by atoms with Gasteiger partial charge in [-0.15, -0.1) is 0 Å². The van der Waals surface area contributed by atoms with Crippen molar-refractivity contribution >= 4 is 16.7 Å². The van der Waals surface area contributed by atoms with Crippen molar-refractivity contribution in [3.63, 3.8) is 0 Å². The van der Waals surface area contributed by atoms with Crippen molar-refractivity contribution in [3.8, 4) is 5.75 Å². The summed E-state index contributed by atoms with van der Waals surface area (Å²) in [6, 6.07) is 10.8. The van der Waals surface area contributed by atoms with E-state index in [2.05, 4.69) is 6.92 Å². The normalized spacial score (nSPS) is 13.2. The molecule has 0 aliphatic rings. The zero-order chi connectivity index (χ0) is 24.3. The number of halogens is 3. The molecule has 2 aromatic rings. The minimum Gasteiger partial charge on any atom is -0.497 e. The lowest BCUT2D eigenvalue weighted by Crippen LogP contribution is -2.21. The molecular formula is C27H35F3O3. The van der Waals surface area contributed by atoms with E-state index in [1.807, 2.05) is 18.2 Å². The number of hydrogen-bond acceptors (Lipinski definition) is 3. The molecule has 0 aromatic heterocycles. The number of methoxy groups -OCH3 is 1. The molecule has 0 bridgehead atoms. The maximum absolute atomic E-state index is 13.4. The van der Waals surface area contributed by atoms with Crippen LogP contribution >= 0.6 is 0 Å². The zero-order valence-electron chi connectivity index (χ0n) is 19.8. The molecule has 3 nitrogen and oxygen atoms in total. The molecule has 0 saturated carbocycles. The predicted octanol–water partition coefficient (Wildman–Crippen LogP) is 8.47. The Morgan fingerprint density at radius 3 is 2.18 bits per heavy atom. The average Bonchev–Trinajstić information content (AvgIpc) is 2.80. The van der Waals surface area contributed by atoms with E-state index in [-0.39, 0.29) is 6.42 Å². The molecule has 0 unspecified atom stereocenters. The molecule has 0 aliphatic heterocycles.